The van der Waals surface area contributed by atoms with Crippen LogP contribution in [0.15, 0.2) is 61.7 Å². The first-order chi connectivity index (χ1) is 13.9. The molecule has 0 aliphatic heterocycles. The minimum Gasteiger partial charge on any atom is -0.463 e. The number of allylic oxidation sites excluding steroid dienone is 1. The molecule has 0 saturated heterocycles. The minimum atomic E-state index is -4.08. The van der Waals surface area contributed by atoms with Gasteiger partial charge < -0.3 is 4.42 Å². The second-order valence-corrected chi connectivity index (χ2v) is 10.3. The third-order valence-corrected chi connectivity index (χ3v) is 6.64. The van der Waals surface area contributed by atoms with E-state index >= 15 is 0 Å². The highest BCUT2D eigenvalue weighted by Crippen LogP contribution is 2.26. The van der Waals surface area contributed by atoms with E-state index in [1.807, 2.05) is 33.8 Å². The van der Waals surface area contributed by atoms with Crippen LogP contribution in [-0.2, 0) is 15.3 Å². The van der Waals surface area contributed by atoms with Gasteiger partial charge in [0.05, 0.1) is 15.8 Å². The first kappa shape index (κ1) is 21.5. The smallest absolute Gasteiger partial charge is 0.216 e. The lowest BCUT2D eigenvalue weighted by Gasteiger charge is -2.19. The van der Waals surface area contributed by atoms with Crippen LogP contribution in [0.2, 0.25) is 0 Å². The quantitative estimate of drug-likeness (QED) is 0.553. The van der Waals surface area contributed by atoms with E-state index < -0.39 is 14.7 Å². The molecule has 1 heterocycles. The van der Waals surface area contributed by atoms with Crippen molar-refractivity contribution < 1.29 is 12.8 Å². The van der Waals surface area contributed by atoms with Gasteiger partial charge in [-0.15, -0.1) is 0 Å². The summed E-state index contributed by atoms with van der Waals surface area (Å²) in [4.78, 5) is 12.4. The Hall–Kier alpha value is -3.17. The summed E-state index contributed by atoms with van der Waals surface area (Å²) in [5, 5.41) is 9.91. The van der Waals surface area contributed by atoms with Gasteiger partial charge in [-0.05, 0) is 60.2 Å². The normalized spacial score (nSPS) is 12.7. The molecule has 3 aromatic rings. The predicted molar refractivity (Wildman–Crippen MR) is 118 cm³/mol. The van der Waals surface area contributed by atoms with E-state index in [1.165, 1.54) is 18.4 Å². The number of nitriles is 1. The Bertz CT molecular complexity index is 1360. The van der Waals surface area contributed by atoms with Crippen LogP contribution in [0.1, 0.15) is 43.0 Å². The molecule has 3 rings (SSSR count). The predicted octanol–water partition coefficient (Wildman–Crippen LogP) is 5.05. The number of rotatable bonds is 3. The van der Waals surface area contributed by atoms with E-state index in [0.717, 1.165) is 22.8 Å². The summed E-state index contributed by atoms with van der Waals surface area (Å²) in [5.41, 5.74) is 2.59. The van der Waals surface area contributed by atoms with Crippen molar-refractivity contribution in [2.24, 2.45) is 0 Å². The highest BCUT2D eigenvalue weighted by Gasteiger charge is 2.23. The van der Waals surface area contributed by atoms with Crippen molar-refractivity contribution in [2.75, 3.05) is 0 Å². The zero-order valence-corrected chi connectivity index (χ0v) is 18.4. The number of aryl methyl sites for hydroxylation is 2. The molecule has 0 spiro atoms. The van der Waals surface area contributed by atoms with Crippen LogP contribution in [0, 0.1) is 25.2 Å². The topological polar surface area (TPSA) is 88.1 Å². The first-order valence-electron chi connectivity index (χ1n) is 9.45. The van der Waals surface area contributed by atoms with Gasteiger partial charge in [0.1, 0.15) is 22.8 Å². The molecule has 0 radical (unpaired) electrons. The van der Waals surface area contributed by atoms with Crippen LogP contribution in [-0.4, -0.2) is 8.42 Å². The van der Waals surface area contributed by atoms with E-state index in [9.17, 15) is 18.5 Å². The van der Waals surface area contributed by atoms with Crippen LogP contribution >= 0.6 is 0 Å². The molecular formula is C24H23NO4S. The Labute approximate surface area is 176 Å². The highest BCUT2D eigenvalue weighted by molar-refractivity contribution is 7.95. The highest BCUT2D eigenvalue weighted by atomic mass is 32.2. The Kier molecular flexibility index (Phi) is 5.44. The first-order valence-corrected chi connectivity index (χ1v) is 10.9. The SMILES string of the molecule is Cc1cc(C)c2c(=O)c(/C=C(/C#N)S(=O)(=O)c3ccc(C(C)(C)C)cc3)coc2c1. The van der Waals surface area contributed by atoms with Gasteiger partial charge >= 0.3 is 0 Å². The van der Waals surface area contributed by atoms with Crippen LogP contribution in [0.5, 0.6) is 0 Å². The molecule has 0 aliphatic rings. The summed E-state index contributed by atoms with van der Waals surface area (Å²) < 4.78 is 31.5. The van der Waals surface area contributed by atoms with Crippen LogP contribution in [0.25, 0.3) is 17.0 Å². The van der Waals surface area contributed by atoms with Gasteiger partial charge in [-0.3, -0.25) is 4.79 Å². The van der Waals surface area contributed by atoms with E-state index in [1.54, 1.807) is 31.2 Å². The zero-order valence-electron chi connectivity index (χ0n) is 17.6. The second-order valence-electron chi connectivity index (χ2n) is 8.37. The number of hydrogen-bond acceptors (Lipinski definition) is 5. The van der Waals surface area contributed by atoms with Gasteiger partial charge in [0.15, 0.2) is 5.43 Å². The Morgan fingerprint density at radius 3 is 2.30 bits per heavy atom. The standard InChI is InChI=1S/C24H23NO4S/c1-15-10-16(2)22-21(11-15)29-14-17(23(22)26)12-20(13-25)30(27,28)19-8-6-18(7-9-19)24(3,4)5/h6-12,14H,1-5H3/b20-12-. The Morgan fingerprint density at radius 1 is 1.10 bits per heavy atom. The van der Waals surface area contributed by atoms with Crippen molar-refractivity contribution in [3.8, 4) is 6.07 Å². The maximum absolute atomic E-state index is 13.0. The number of sulfone groups is 1. The second kappa shape index (κ2) is 7.58. The number of nitrogens with zero attached hydrogens (tertiary/aromatic N) is 1. The summed E-state index contributed by atoms with van der Waals surface area (Å²) in [6, 6.07) is 11.8. The third kappa shape index (κ3) is 3.94. The van der Waals surface area contributed by atoms with Gasteiger partial charge in [-0.2, -0.15) is 5.26 Å². The largest absolute Gasteiger partial charge is 0.463 e. The van der Waals surface area contributed by atoms with Crippen LogP contribution in [0.4, 0.5) is 0 Å². The van der Waals surface area contributed by atoms with Crippen molar-refractivity contribution >= 4 is 26.9 Å². The molecule has 1 aromatic heterocycles. The molecule has 2 aromatic carbocycles. The Balaban J connectivity index is 2.13. The molecule has 6 heteroatoms. The molecule has 0 fully saturated rings. The minimum absolute atomic E-state index is 0.000261. The molecule has 0 saturated carbocycles. The van der Waals surface area contributed by atoms with Crippen molar-refractivity contribution in [1.82, 2.24) is 0 Å². The van der Waals surface area contributed by atoms with Crippen molar-refractivity contribution in [3.05, 3.63) is 80.0 Å². The average Bonchev–Trinajstić information content (AvgIpc) is 2.66. The maximum Gasteiger partial charge on any atom is 0.216 e. The van der Waals surface area contributed by atoms with Crippen LogP contribution in [0.3, 0.4) is 0 Å². The molecule has 154 valence electrons. The molecule has 0 atom stereocenters. The van der Waals surface area contributed by atoms with E-state index in [0.29, 0.717) is 11.0 Å². The molecule has 5 nitrogen and oxygen atoms in total. The molecule has 0 aliphatic carbocycles. The van der Waals surface area contributed by atoms with Gasteiger partial charge in [0, 0.05) is 0 Å². The van der Waals surface area contributed by atoms with Gasteiger partial charge in [-0.1, -0.05) is 39.0 Å². The average molecular weight is 422 g/mol. The fourth-order valence-electron chi connectivity index (χ4n) is 3.31. The third-order valence-electron chi connectivity index (χ3n) is 4.96. The number of fused-ring (bicyclic) bond motifs is 1. The Morgan fingerprint density at radius 2 is 1.73 bits per heavy atom. The number of benzene rings is 2. The number of hydrogen-bond donors (Lipinski definition) is 0. The summed E-state index contributed by atoms with van der Waals surface area (Å²) in [6.07, 6.45) is 2.27. The lowest BCUT2D eigenvalue weighted by molar-refractivity contribution is 0.587. The van der Waals surface area contributed by atoms with E-state index in [4.69, 9.17) is 4.42 Å². The fourth-order valence-corrected chi connectivity index (χ4v) is 4.46. The van der Waals surface area contributed by atoms with E-state index in [-0.39, 0.29) is 21.3 Å². The fraction of sp³-hybridized carbons (Fsp3) is 0.250. The molecule has 0 bridgehead atoms. The molecule has 30 heavy (non-hydrogen) atoms. The zero-order chi connectivity index (χ0) is 22.3. The van der Waals surface area contributed by atoms with E-state index in [2.05, 4.69) is 0 Å². The summed E-state index contributed by atoms with van der Waals surface area (Å²) in [7, 11) is -4.08. The molecular weight excluding hydrogens is 398 g/mol. The lowest BCUT2D eigenvalue weighted by Crippen LogP contribution is -2.12. The monoisotopic (exact) mass is 421 g/mol. The molecule has 0 amide bonds. The van der Waals surface area contributed by atoms with Crippen molar-refractivity contribution in [3.63, 3.8) is 0 Å². The summed E-state index contributed by atoms with van der Waals surface area (Å²) in [5.74, 6) is 0. The maximum atomic E-state index is 13.0. The van der Waals surface area contributed by atoms with Crippen molar-refractivity contribution in [1.29, 1.82) is 5.26 Å². The van der Waals surface area contributed by atoms with Gasteiger partial charge in [0.2, 0.25) is 9.84 Å². The molecule has 0 N–H and O–H groups in total. The van der Waals surface area contributed by atoms with Crippen molar-refractivity contribution in [2.45, 2.75) is 44.9 Å². The van der Waals surface area contributed by atoms with Gasteiger partial charge in [0.25, 0.3) is 0 Å². The summed E-state index contributed by atoms with van der Waals surface area (Å²) in [6.45, 7) is 9.77. The summed E-state index contributed by atoms with van der Waals surface area (Å²) >= 11 is 0. The lowest BCUT2D eigenvalue weighted by atomic mass is 9.87. The molecule has 0 unspecified atom stereocenters. The van der Waals surface area contributed by atoms with Gasteiger partial charge in [-0.25, -0.2) is 8.42 Å². The van der Waals surface area contributed by atoms with Crippen LogP contribution < -0.4 is 5.43 Å².